The molecule has 0 bridgehead atoms. The second kappa shape index (κ2) is 8.70. The van der Waals surface area contributed by atoms with Gasteiger partial charge < -0.3 is 10.1 Å². The number of nitrogens with one attached hydrogen (secondary N) is 1. The van der Waals surface area contributed by atoms with Gasteiger partial charge in [-0.1, -0.05) is 40.9 Å². The number of ether oxygens (including phenoxy) is 1. The Bertz CT molecular complexity index is 580. The van der Waals surface area contributed by atoms with Gasteiger partial charge in [-0.25, -0.2) is 4.39 Å². The van der Waals surface area contributed by atoms with Crippen LogP contribution in [0.2, 0.25) is 0 Å². The van der Waals surface area contributed by atoms with Gasteiger partial charge in [0.25, 0.3) is 0 Å². The summed E-state index contributed by atoms with van der Waals surface area (Å²) >= 11 is 4.32. The van der Waals surface area contributed by atoms with E-state index in [0.717, 1.165) is 20.8 Å². The third-order valence-corrected chi connectivity index (χ3v) is 5.57. The van der Waals surface area contributed by atoms with Gasteiger partial charge in [0, 0.05) is 20.2 Å². The minimum atomic E-state index is -0.230. The van der Waals surface area contributed by atoms with Crippen molar-refractivity contribution in [3.8, 4) is 0 Å². The van der Waals surface area contributed by atoms with E-state index in [1.54, 1.807) is 19.2 Å². The smallest absolute Gasteiger partial charge is 0.179 e. The summed E-state index contributed by atoms with van der Waals surface area (Å²) in [5.74, 6) is -0.230. The lowest BCUT2D eigenvalue weighted by Gasteiger charge is -2.06. The van der Waals surface area contributed by atoms with Crippen molar-refractivity contribution in [2.75, 3.05) is 26.5 Å². The Kier molecular flexibility index (Phi) is 6.91. The molecule has 0 fully saturated rings. The van der Waals surface area contributed by atoms with Crippen LogP contribution < -0.4 is 5.32 Å². The van der Waals surface area contributed by atoms with Gasteiger partial charge in [-0.3, -0.25) is 0 Å². The summed E-state index contributed by atoms with van der Waals surface area (Å²) in [6.45, 7) is 2.02. The van der Waals surface area contributed by atoms with Crippen molar-refractivity contribution in [3.05, 3.63) is 29.6 Å². The molecule has 0 aliphatic rings. The Hall–Kier alpha value is -0.670. The summed E-state index contributed by atoms with van der Waals surface area (Å²) in [6.07, 6.45) is 1.95. The van der Waals surface area contributed by atoms with Crippen LogP contribution in [0.25, 0.3) is 0 Å². The van der Waals surface area contributed by atoms with Gasteiger partial charge in [-0.15, -0.1) is 10.2 Å². The van der Waals surface area contributed by atoms with Crippen LogP contribution in [0.5, 0.6) is 0 Å². The maximum atomic E-state index is 14.1. The molecule has 2 rings (SSSR count). The van der Waals surface area contributed by atoms with Crippen LogP contribution in [0.3, 0.4) is 0 Å². The quantitative estimate of drug-likeness (QED) is 0.585. The largest absolute Gasteiger partial charge is 0.383 e. The van der Waals surface area contributed by atoms with E-state index in [1.165, 1.54) is 34.9 Å². The molecule has 1 heterocycles. The number of thioether (sulfide) groups is 1. The molecule has 1 aromatic heterocycles. The van der Waals surface area contributed by atoms with Crippen LogP contribution in [0.4, 0.5) is 4.39 Å². The van der Waals surface area contributed by atoms with Crippen LogP contribution in [-0.2, 0) is 11.3 Å². The summed E-state index contributed by atoms with van der Waals surface area (Å²) in [5.41, 5.74) is 0.912. The molecule has 0 radical (unpaired) electrons. The Balaban J connectivity index is 1.95. The predicted molar refractivity (Wildman–Crippen MR) is 85.8 cm³/mol. The lowest BCUT2D eigenvalue weighted by molar-refractivity contribution is 0.199. The Morgan fingerprint density at radius 1 is 1.33 bits per heavy atom. The van der Waals surface area contributed by atoms with Crippen LogP contribution in [0.1, 0.15) is 5.56 Å². The highest BCUT2D eigenvalue weighted by Crippen LogP contribution is 2.34. The normalized spacial score (nSPS) is 11.0. The number of benzene rings is 1. The van der Waals surface area contributed by atoms with Crippen molar-refractivity contribution in [2.45, 2.75) is 20.1 Å². The fraction of sp³-hybridized carbons (Fsp3) is 0.385. The van der Waals surface area contributed by atoms with E-state index in [2.05, 4.69) is 15.5 Å². The standard InChI is InChI=1S/C13H16FN3OS3/c1-18-6-5-15-8-9-3-4-11(10(14)7-9)20-13-17-16-12(19-2)21-13/h3-4,7,15H,5-6,8H2,1-2H3. The Morgan fingerprint density at radius 3 is 2.81 bits per heavy atom. The summed E-state index contributed by atoms with van der Waals surface area (Å²) in [6, 6.07) is 5.26. The fourth-order valence-corrected chi connectivity index (χ4v) is 3.96. The van der Waals surface area contributed by atoms with E-state index in [1.807, 2.05) is 12.3 Å². The van der Waals surface area contributed by atoms with Gasteiger partial charge in [0.05, 0.1) is 11.5 Å². The number of hydrogen-bond donors (Lipinski definition) is 1. The molecule has 21 heavy (non-hydrogen) atoms. The number of methoxy groups -OCH3 is 1. The molecule has 4 nitrogen and oxygen atoms in total. The molecule has 8 heteroatoms. The third kappa shape index (κ3) is 5.23. The molecule has 114 valence electrons. The van der Waals surface area contributed by atoms with Gasteiger partial charge in [-0.2, -0.15) is 0 Å². The van der Waals surface area contributed by atoms with E-state index < -0.39 is 0 Å². The molecule has 0 spiro atoms. The van der Waals surface area contributed by atoms with Gasteiger partial charge in [0.15, 0.2) is 8.68 Å². The molecule has 0 saturated heterocycles. The molecule has 0 atom stereocenters. The highest BCUT2D eigenvalue weighted by Gasteiger charge is 2.09. The molecular formula is C13H16FN3OS3. The number of halogens is 1. The van der Waals surface area contributed by atoms with Crippen LogP contribution in [0, 0.1) is 5.82 Å². The average Bonchev–Trinajstić information content (AvgIpc) is 2.94. The number of hydrogen-bond acceptors (Lipinski definition) is 7. The monoisotopic (exact) mass is 345 g/mol. The molecule has 0 saturated carbocycles. The van der Waals surface area contributed by atoms with Crippen molar-refractivity contribution >= 4 is 34.9 Å². The van der Waals surface area contributed by atoms with Crippen LogP contribution >= 0.6 is 34.9 Å². The van der Waals surface area contributed by atoms with Crippen LogP contribution in [0.15, 0.2) is 31.8 Å². The van der Waals surface area contributed by atoms with Gasteiger partial charge in [0.2, 0.25) is 0 Å². The molecule has 0 aliphatic carbocycles. The topological polar surface area (TPSA) is 47.0 Å². The first-order chi connectivity index (χ1) is 10.2. The first kappa shape index (κ1) is 16.7. The summed E-state index contributed by atoms with van der Waals surface area (Å²) in [5, 5.41) is 11.2. The molecule has 0 amide bonds. The lowest BCUT2D eigenvalue weighted by Crippen LogP contribution is -2.18. The second-order valence-corrected chi connectivity index (χ2v) is 7.39. The molecule has 2 aromatic rings. The first-order valence-corrected chi connectivity index (χ1v) is 9.12. The van der Waals surface area contributed by atoms with Crippen molar-refractivity contribution in [3.63, 3.8) is 0 Å². The Morgan fingerprint density at radius 2 is 2.14 bits per heavy atom. The number of rotatable bonds is 8. The lowest BCUT2D eigenvalue weighted by atomic mass is 10.2. The minimum absolute atomic E-state index is 0.230. The SMILES string of the molecule is COCCNCc1ccc(Sc2nnc(SC)s2)c(F)c1. The summed E-state index contributed by atoms with van der Waals surface area (Å²) in [4.78, 5) is 0.569. The van der Waals surface area contributed by atoms with E-state index >= 15 is 0 Å². The van der Waals surface area contributed by atoms with Crippen molar-refractivity contribution in [1.29, 1.82) is 0 Å². The molecule has 0 aliphatic heterocycles. The maximum absolute atomic E-state index is 14.1. The molecule has 0 unspecified atom stereocenters. The highest BCUT2D eigenvalue weighted by molar-refractivity contribution is 8.03. The molecule has 1 N–H and O–H groups in total. The van der Waals surface area contributed by atoms with E-state index in [-0.39, 0.29) is 5.82 Å². The maximum Gasteiger partial charge on any atom is 0.179 e. The van der Waals surface area contributed by atoms with Crippen LogP contribution in [-0.4, -0.2) is 36.7 Å². The molecule has 1 aromatic carbocycles. The zero-order valence-electron chi connectivity index (χ0n) is 11.8. The zero-order valence-corrected chi connectivity index (χ0v) is 14.2. The van der Waals surface area contributed by atoms with E-state index in [4.69, 9.17) is 4.74 Å². The van der Waals surface area contributed by atoms with Crippen molar-refractivity contribution in [2.24, 2.45) is 0 Å². The molecular weight excluding hydrogens is 329 g/mol. The van der Waals surface area contributed by atoms with Gasteiger partial charge >= 0.3 is 0 Å². The van der Waals surface area contributed by atoms with Crippen molar-refractivity contribution < 1.29 is 9.13 Å². The second-order valence-electron chi connectivity index (χ2n) is 4.07. The van der Waals surface area contributed by atoms with E-state index in [9.17, 15) is 4.39 Å². The fourth-order valence-electron chi connectivity index (χ4n) is 1.56. The van der Waals surface area contributed by atoms with E-state index in [0.29, 0.717) is 18.0 Å². The summed E-state index contributed by atoms with van der Waals surface area (Å²) in [7, 11) is 1.66. The summed E-state index contributed by atoms with van der Waals surface area (Å²) < 4.78 is 20.7. The third-order valence-electron chi connectivity index (χ3n) is 2.57. The van der Waals surface area contributed by atoms with Crippen molar-refractivity contribution in [1.82, 2.24) is 15.5 Å². The minimum Gasteiger partial charge on any atom is -0.383 e. The predicted octanol–water partition coefficient (Wildman–Crippen LogP) is 3.29. The number of nitrogens with zero attached hydrogens (tertiary/aromatic N) is 2. The zero-order chi connectivity index (χ0) is 15.1. The van der Waals surface area contributed by atoms with Gasteiger partial charge in [0.1, 0.15) is 5.82 Å². The average molecular weight is 345 g/mol. The highest BCUT2D eigenvalue weighted by atomic mass is 32.2. The van der Waals surface area contributed by atoms with Gasteiger partial charge in [-0.05, 0) is 24.0 Å². The Labute approximate surface area is 135 Å². The first-order valence-electron chi connectivity index (χ1n) is 6.26. The number of aromatic nitrogens is 2.